The third-order valence-electron chi connectivity index (χ3n) is 2.84. The maximum Gasteiger partial charge on any atom is 0.303 e. The van der Waals surface area contributed by atoms with Gasteiger partial charge in [0.2, 0.25) is 0 Å². The largest absolute Gasteiger partial charge is 0.481 e. The molecule has 0 saturated carbocycles. The Kier molecular flexibility index (Phi) is 5.29. The summed E-state index contributed by atoms with van der Waals surface area (Å²) in [4.78, 5) is 21.0. The van der Waals surface area contributed by atoms with Crippen molar-refractivity contribution in [3.8, 4) is 0 Å². The molecule has 6 nitrogen and oxygen atoms in total. The molecule has 0 saturated heterocycles. The van der Waals surface area contributed by atoms with Crippen LogP contribution in [0.1, 0.15) is 25.3 Å². The number of nitrogens with zero attached hydrogens (tertiary/aromatic N) is 1. The van der Waals surface area contributed by atoms with Gasteiger partial charge >= 0.3 is 5.97 Å². The first-order valence-corrected chi connectivity index (χ1v) is 6.11. The van der Waals surface area contributed by atoms with Crippen molar-refractivity contribution in [2.24, 2.45) is 5.92 Å². The molecule has 0 fully saturated rings. The van der Waals surface area contributed by atoms with E-state index in [9.17, 15) is 14.9 Å². The van der Waals surface area contributed by atoms with Crippen molar-refractivity contribution in [1.82, 2.24) is 0 Å². The Morgan fingerprint density at radius 2 is 2.21 bits per heavy atom. The van der Waals surface area contributed by atoms with Crippen molar-refractivity contribution in [1.29, 1.82) is 0 Å². The van der Waals surface area contributed by atoms with E-state index in [1.807, 2.05) is 6.92 Å². The number of aryl methyl sites for hydroxylation is 1. The van der Waals surface area contributed by atoms with E-state index < -0.39 is 10.9 Å². The predicted octanol–water partition coefficient (Wildman–Crippen LogP) is 2.82. The number of aliphatic carboxylic acids is 1. The van der Waals surface area contributed by atoms with Crippen molar-refractivity contribution in [2.75, 3.05) is 11.9 Å². The van der Waals surface area contributed by atoms with E-state index in [2.05, 4.69) is 5.32 Å². The number of hydrogen-bond donors (Lipinski definition) is 2. The molecule has 0 bridgehead atoms. The summed E-state index contributed by atoms with van der Waals surface area (Å²) in [6.07, 6.45) is 0.654. The van der Waals surface area contributed by atoms with Crippen molar-refractivity contribution in [3.05, 3.63) is 33.9 Å². The highest BCUT2D eigenvalue weighted by molar-refractivity contribution is 5.66. The lowest BCUT2D eigenvalue weighted by atomic mass is 10.1. The lowest BCUT2D eigenvalue weighted by Gasteiger charge is -2.13. The van der Waals surface area contributed by atoms with Crippen LogP contribution in [0.2, 0.25) is 0 Å². The molecular weight excluding hydrogens is 248 g/mol. The minimum Gasteiger partial charge on any atom is -0.481 e. The standard InChI is InChI=1S/C13H18N2O4/c1-9-3-5-11(12(7-9)15(18)19)14-8-10(2)4-6-13(16)17/h3,5,7,10,14H,4,6,8H2,1-2H3,(H,16,17). The van der Waals surface area contributed by atoms with Gasteiger partial charge in [0.25, 0.3) is 5.69 Å². The van der Waals surface area contributed by atoms with E-state index in [0.717, 1.165) is 5.56 Å². The Balaban J connectivity index is 2.62. The SMILES string of the molecule is Cc1ccc(NCC(C)CCC(=O)O)c([N+](=O)[O-])c1. The highest BCUT2D eigenvalue weighted by atomic mass is 16.6. The van der Waals surface area contributed by atoms with Crippen LogP contribution in [0.25, 0.3) is 0 Å². The molecule has 2 N–H and O–H groups in total. The minimum atomic E-state index is -0.826. The summed E-state index contributed by atoms with van der Waals surface area (Å²) in [5.41, 5.74) is 1.35. The summed E-state index contributed by atoms with van der Waals surface area (Å²) in [5.74, 6) is -0.690. The van der Waals surface area contributed by atoms with Gasteiger partial charge in [0.05, 0.1) is 4.92 Å². The Morgan fingerprint density at radius 3 is 2.79 bits per heavy atom. The number of carbonyl (C=O) groups is 1. The van der Waals surface area contributed by atoms with Gasteiger partial charge < -0.3 is 10.4 Å². The summed E-state index contributed by atoms with van der Waals surface area (Å²) in [6, 6.07) is 5.00. The Labute approximate surface area is 111 Å². The van der Waals surface area contributed by atoms with Crippen LogP contribution < -0.4 is 5.32 Å². The van der Waals surface area contributed by atoms with E-state index in [4.69, 9.17) is 5.11 Å². The van der Waals surface area contributed by atoms with Gasteiger partial charge in [-0.2, -0.15) is 0 Å². The van der Waals surface area contributed by atoms with Crippen LogP contribution in [0.3, 0.4) is 0 Å². The van der Waals surface area contributed by atoms with Crippen molar-refractivity contribution in [3.63, 3.8) is 0 Å². The zero-order valence-electron chi connectivity index (χ0n) is 11.0. The lowest BCUT2D eigenvalue weighted by Crippen LogP contribution is -2.13. The molecule has 19 heavy (non-hydrogen) atoms. The number of nitro groups is 1. The van der Waals surface area contributed by atoms with Crippen LogP contribution in [0.15, 0.2) is 18.2 Å². The monoisotopic (exact) mass is 266 g/mol. The fraction of sp³-hybridized carbons (Fsp3) is 0.462. The molecule has 6 heteroatoms. The van der Waals surface area contributed by atoms with Gasteiger partial charge in [-0.05, 0) is 30.9 Å². The highest BCUT2D eigenvalue weighted by Gasteiger charge is 2.14. The van der Waals surface area contributed by atoms with E-state index in [0.29, 0.717) is 18.7 Å². The van der Waals surface area contributed by atoms with Crippen molar-refractivity contribution in [2.45, 2.75) is 26.7 Å². The normalized spacial score (nSPS) is 11.9. The number of nitrogens with one attached hydrogen (secondary N) is 1. The average Bonchev–Trinajstić information content (AvgIpc) is 2.34. The van der Waals surface area contributed by atoms with E-state index in [1.165, 1.54) is 6.07 Å². The first-order chi connectivity index (χ1) is 8.90. The smallest absolute Gasteiger partial charge is 0.303 e. The maximum absolute atomic E-state index is 10.9. The minimum absolute atomic E-state index is 0.0467. The first-order valence-electron chi connectivity index (χ1n) is 6.11. The summed E-state index contributed by atoms with van der Waals surface area (Å²) >= 11 is 0. The predicted molar refractivity (Wildman–Crippen MR) is 72.4 cm³/mol. The van der Waals surface area contributed by atoms with Crippen LogP contribution >= 0.6 is 0 Å². The zero-order valence-corrected chi connectivity index (χ0v) is 11.0. The number of rotatable bonds is 7. The summed E-state index contributed by atoms with van der Waals surface area (Å²) in [5, 5.41) is 22.5. The topological polar surface area (TPSA) is 92.5 Å². The van der Waals surface area contributed by atoms with E-state index in [1.54, 1.807) is 19.1 Å². The first kappa shape index (κ1) is 14.9. The molecule has 0 heterocycles. The molecule has 1 unspecified atom stereocenters. The van der Waals surface area contributed by atoms with Crippen LogP contribution in [0, 0.1) is 23.0 Å². The van der Waals surface area contributed by atoms with E-state index >= 15 is 0 Å². The van der Waals surface area contributed by atoms with Gasteiger partial charge in [-0.15, -0.1) is 0 Å². The number of nitro benzene ring substituents is 1. The van der Waals surface area contributed by atoms with Crippen LogP contribution in [0.5, 0.6) is 0 Å². The molecular formula is C13H18N2O4. The fourth-order valence-electron chi connectivity index (χ4n) is 1.70. The van der Waals surface area contributed by atoms with Gasteiger partial charge in [0.15, 0.2) is 0 Å². The molecule has 104 valence electrons. The molecule has 1 aromatic rings. The van der Waals surface area contributed by atoms with Gasteiger partial charge in [0, 0.05) is 19.0 Å². The Morgan fingerprint density at radius 1 is 1.53 bits per heavy atom. The second-order valence-corrected chi connectivity index (χ2v) is 4.70. The summed E-state index contributed by atoms with van der Waals surface area (Å²) < 4.78 is 0. The Bertz CT molecular complexity index is 474. The average molecular weight is 266 g/mol. The second-order valence-electron chi connectivity index (χ2n) is 4.70. The molecule has 0 aromatic heterocycles. The summed E-state index contributed by atoms with van der Waals surface area (Å²) in [7, 11) is 0. The fourth-order valence-corrected chi connectivity index (χ4v) is 1.70. The number of carboxylic acids is 1. The molecule has 1 atom stereocenters. The molecule has 0 aliphatic heterocycles. The van der Waals surface area contributed by atoms with Gasteiger partial charge in [-0.3, -0.25) is 14.9 Å². The molecule has 0 amide bonds. The van der Waals surface area contributed by atoms with Gasteiger partial charge in [-0.1, -0.05) is 13.0 Å². The summed E-state index contributed by atoms with van der Waals surface area (Å²) in [6.45, 7) is 4.22. The maximum atomic E-state index is 10.9. The van der Waals surface area contributed by atoms with Crippen LogP contribution in [-0.4, -0.2) is 22.5 Å². The van der Waals surface area contributed by atoms with Gasteiger partial charge in [-0.25, -0.2) is 0 Å². The van der Waals surface area contributed by atoms with Crippen LogP contribution in [-0.2, 0) is 4.79 Å². The second kappa shape index (κ2) is 6.72. The Hall–Kier alpha value is -2.11. The third-order valence-corrected chi connectivity index (χ3v) is 2.84. The molecule has 0 aliphatic carbocycles. The zero-order chi connectivity index (χ0) is 14.4. The number of hydrogen-bond acceptors (Lipinski definition) is 4. The molecule has 1 aromatic carbocycles. The molecule has 0 radical (unpaired) electrons. The van der Waals surface area contributed by atoms with Crippen LogP contribution in [0.4, 0.5) is 11.4 Å². The molecule has 0 aliphatic rings. The van der Waals surface area contributed by atoms with Crippen molar-refractivity contribution >= 4 is 17.3 Å². The van der Waals surface area contributed by atoms with Gasteiger partial charge in [0.1, 0.15) is 5.69 Å². The third kappa shape index (κ3) is 4.95. The number of benzene rings is 1. The number of anilines is 1. The quantitative estimate of drug-likeness (QED) is 0.584. The molecule has 1 rings (SSSR count). The lowest BCUT2D eigenvalue weighted by molar-refractivity contribution is -0.384. The molecule has 0 spiro atoms. The van der Waals surface area contributed by atoms with Crippen molar-refractivity contribution < 1.29 is 14.8 Å². The van der Waals surface area contributed by atoms with E-state index in [-0.39, 0.29) is 18.0 Å². The number of carboxylic acid groups (broad SMARTS) is 1. The highest BCUT2D eigenvalue weighted by Crippen LogP contribution is 2.25.